The minimum atomic E-state index is -0.0746. The van der Waals surface area contributed by atoms with E-state index >= 15 is 0 Å². The van der Waals surface area contributed by atoms with Crippen LogP contribution in [0.5, 0.6) is 11.5 Å². The van der Waals surface area contributed by atoms with E-state index in [-0.39, 0.29) is 5.91 Å². The largest absolute Gasteiger partial charge is 0.496 e. The van der Waals surface area contributed by atoms with Gasteiger partial charge in [-0.2, -0.15) is 0 Å². The number of para-hydroxylation sites is 1. The van der Waals surface area contributed by atoms with Crippen molar-refractivity contribution in [3.05, 3.63) is 53.8 Å². The smallest absolute Gasteiger partial charge is 0.246 e. The molecule has 5 nitrogen and oxygen atoms in total. The summed E-state index contributed by atoms with van der Waals surface area (Å²) in [6, 6.07) is 9.84. The van der Waals surface area contributed by atoms with Gasteiger partial charge in [-0.25, -0.2) is 0 Å². The number of methoxy groups -OCH3 is 2. The van der Waals surface area contributed by atoms with Crippen LogP contribution in [0.2, 0.25) is 0 Å². The monoisotopic (exact) mass is 379 g/mol. The highest BCUT2D eigenvalue weighted by Crippen LogP contribution is 2.42. The Morgan fingerprint density at radius 1 is 1.11 bits per heavy atom. The lowest BCUT2D eigenvalue weighted by atomic mass is 9.96. The third-order valence-electron chi connectivity index (χ3n) is 4.85. The van der Waals surface area contributed by atoms with Gasteiger partial charge in [0.15, 0.2) is 0 Å². The number of fused-ring (bicyclic) bond motifs is 1. The van der Waals surface area contributed by atoms with Crippen LogP contribution in [0.1, 0.15) is 18.1 Å². The number of aryl methyl sites for hydroxylation is 1. The third kappa shape index (κ3) is 3.36. The fourth-order valence-electron chi connectivity index (χ4n) is 3.34. The van der Waals surface area contributed by atoms with Crippen molar-refractivity contribution in [3.8, 4) is 22.6 Å². The number of ether oxygens (including phenoxy) is 2. The van der Waals surface area contributed by atoms with Gasteiger partial charge < -0.3 is 18.8 Å². The molecule has 0 unspecified atom stereocenters. The average molecular weight is 379 g/mol. The van der Waals surface area contributed by atoms with Crippen molar-refractivity contribution >= 4 is 22.4 Å². The van der Waals surface area contributed by atoms with Gasteiger partial charge in [-0.3, -0.25) is 4.79 Å². The number of benzene rings is 2. The SMILES string of the molecule is COc1ccccc1-c1coc2c(C)c(OC)c(/C(C)=C/C(=O)N(C)C)cc12. The third-order valence-corrected chi connectivity index (χ3v) is 4.85. The molecule has 0 saturated heterocycles. The van der Waals surface area contributed by atoms with Crippen molar-refractivity contribution in [3.63, 3.8) is 0 Å². The zero-order valence-corrected chi connectivity index (χ0v) is 17.1. The molecule has 3 rings (SSSR count). The minimum Gasteiger partial charge on any atom is -0.496 e. The maximum atomic E-state index is 12.2. The zero-order chi connectivity index (χ0) is 20.4. The highest BCUT2D eigenvalue weighted by Gasteiger charge is 2.20. The second kappa shape index (κ2) is 7.80. The fourth-order valence-corrected chi connectivity index (χ4v) is 3.34. The average Bonchev–Trinajstić information content (AvgIpc) is 3.11. The van der Waals surface area contributed by atoms with E-state index in [1.165, 1.54) is 0 Å². The van der Waals surface area contributed by atoms with Crippen LogP contribution >= 0.6 is 0 Å². The maximum Gasteiger partial charge on any atom is 0.246 e. The van der Waals surface area contributed by atoms with E-state index in [9.17, 15) is 4.79 Å². The molecule has 1 aromatic heterocycles. The van der Waals surface area contributed by atoms with Crippen LogP contribution < -0.4 is 9.47 Å². The van der Waals surface area contributed by atoms with Crippen molar-refractivity contribution in [2.75, 3.05) is 28.3 Å². The number of furan rings is 1. The summed E-state index contributed by atoms with van der Waals surface area (Å²) in [5.41, 5.74) is 5.22. The first-order chi connectivity index (χ1) is 13.4. The van der Waals surface area contributed by atoms with E-state index in [0.717, 1.165) is 44.5 Å². The normalized spacial score (nSPS) is 11.6. The number of nitrogens with zero attached hydrogens (tertiary/aromatic N) is 1. The van der Waals surface area contributed by atoms with Crippen molar-refractivity contribution in [2.45, 2.75) is 13.8 Å². The van der Waals surface area contributed by atoms with E-state index in [1.807, 2.05) is 44.2 Å². The summed E-state index contributed by atoms with van der Waals surface area (Å²) in [7, 11) is 6.74. The van der Waals surface area contributed by atoms with Crippen molar-refractivity contribution < 1.29 is 18.7 Å². The Labute approximate surface area is 165 Å². The molecular weight excluding hydrogens is 354 g/mol. The van der Waals surface area contributed by atoms with Crippen LogP contribution in [-0.4, -0.2) is 39.1 Å². The van der Waals surface area contributed by atoms with Gasteiger partial charge in [0.05, 0.1) is 20.5 Å². The van der Waals surface area contributed by atoms with Gasteiger partial charge >= 0.3 is 0 Å². The lowest BCUT2D eigenvalue weighted by Gasteiger charge is -2.14. The van der Waals surface area contributed by atoms with E-state index in [1.54, 1.807) is 45.6 Å². The summed E-state index contributed by atoms with van der Waals surface area (Å²) in [6.45, 7) is 3.87. The number of carbonyl (C=O) groups excluding carboxylic acids is 1. The Bertz CT molecular complexity index is 1060. The molecule has 0 N–H and O–H groups in total. The van der Waals surface area contributed by atoms with Gasteiger partial charge in [-0.05, 0) is 31.6 Å². The standard InChI is InChI=1S/C23H25NO4/c1-14(11-21(25)24(3)4)17-12-18-19(16-9-7-8-10-20(16)26-5)13-28-23(18)15(2)22(17)27-6/h7-13H,1-6H3/b14-11+. The number of likely N-dealkylation sites (N-methyl/N-ethyl adjacent to an activating group) is 1. The molecule has 0 fully saturated rings. The molecule has 0 saturated carbocycles. The van der Waals surface area contributed by atoms with Gasteiger partial charge in [0.2, 0.25) is 5.91 Å². The molecule has 0 bridgehead atoms. The summed E-state index contributed by atoms with van der Waals surface area (Å²) in [5.74, 6) is 1.40. The van der Waals surface area contributed by atoms with E-state index in [2.05, 4.69) is 0 Å². The first-order valence-corrected chi connectivity index (χ1v) is 9.01. The van der Waals surface area contributed by atoms with E-state index in [4.69, 9.17) is 13.9 Å². The Kier molecular flexibility index (Phi) is 5.45. The molecule has 28 heavy (non-hydrogen) atoms. The predicted octanol–water partition coefficient (Wildman–Crippen LogP) is 4.92. The summed E-state index contributed by atoms with van der Waals surface area (Å²) < 4.78 is 17.1. The molecular formula is C23H25NO4. The molecule has 2 aromatic carbocycles. The van der Waals surface area contributed by atoms with Crippen molar-refractivity contribution in [2.24, 2.45) is 0 Å². The van der Waals surface area contributed by atoms with Crippen LogP contribution in [0.25, 0.3) is 27.7 Å². The highest BCUT2D eigenvalue weighted by molar-refractivity contribution is 6.02. The van der Waals surface area contributed by atoms with Gasteiger partial charge in [0.25, 0.3) is 0 Å². The van der Waals surface area contributed by atoms with Crippen molar-refractivity contribution in [1.29, 1.82) is 0 Å². The summed E-state index contributed by atoms with van der Waals surface area (Å²) in [4.78, 5) is 13.7. The molecule has 1 amide bonds. The van der Waals surface area contributed by atoms with Gasteiger partial charge in [-0.1, -0.05) is 18.2 Å². The Balaban J connectivity index is 2.27. The Hall–Kier alpha value is -3.21. The van der Waals surface area contributed by atoms with Crippen LogP contribution in [-0.2, 0) is 4.79 Å². The molecule has 0 aliphatic carbocycles. The second-order valence-electron chi connectivity index (χ2n) is 6.87. The van der Waals surface area contributed by atoms with Gasteiger partial charge in [0.1, 0.15) is 17.1 Å². The van der Waals surface area contributed by atoms with E-state index in [0.29, 0.717) is 5.75 Å². The zero-order valence-electron chi connectivity index (χ0n) is 17.1. The van der Waals surface area contributed by atoms with Gasteiger partial charge in [0, 0.05) is 47.8 Å². The number of carbonyl (C=O) groups is 1. The number of allylic oxidation sites excluding steroid dienone is 1. The molecule has 0 atom stereocenters. The lowest BCUT2D eigenvalue weighted by Crippen LogP contribution is -2.19. The Morgan fingerprint density at radius 3 is 2.46 bits per heavy atom. The molecule has 0 aliphatic rings. The number of rotatable bonds is 5. The topological polar surface area (TPSA) is 51.9 Å². The minimum absolute atomic E-state index is 0.0746. The lowest BCUT2D eigenvalue weighted by molar-refractivity contribution is -0.123. The van der Waals surface area contributed by atoms with Crippen LogP contribution in [0.3, 0.4) is 0 Å². The first kappa shape index (κ1) is 19.5. The first-order valence-electron chi connectivity index (χ1n) is 9.01. The quantitative estimate of drug-likeness (QED) is 0.591. The summed E-state index contributed by atoms with van der Waals surface area (Å²) in [6.07, 6.45) is 3.36. The predicted molar refractivity (Wildman–Crippen MR) is 112 cm³/mol. The molecule has 0 aliphatic heterocycles. The highest BCUT2D eigenvalue weighted by atomic mass is 16.5. The number of hydrogen-bond donors (Lipinski definition) is 0. The second-order valence-corrected chi connectivity index (χ2v) is 6.87. The number of hydrogen-bond acceptors (Lipinski definition) is 4. The molecule has 5 heteroatoms. The Morgan fingerprint density at radius 2 is 1.82 bits per heavy atom. The molecule has 0 radical (unpaired) electrons. The van der Waals surface area contributed by atoms with Crippen LogP contribution in [0.15, 0.2) is 47.1 Å². The molecule has 146 valence electrons. The van der Waals surface area contributed by atoms with Crippen LogP contribution in [0.4, 0.5) is 0 Å². The molecule has 3 aromatic rings. The summed E-state index contributed by atoms with van der Waals surface area (Å²) >= 11 is 0. The fraction of sp³-hybridized carbons (Fsp3) is 0.261. The van der Waals surface area contributed by atoms with Gasteiger partial charge in [-0.15, -0.1) is 0 Å². The molecule has 0 spiro atoms. The van der Waals surface area contributed by atoms with E-state index < -0.39 is 0 Å². The maximum absolute atomic E-state index is 12.2. The number of amides is 1. The summed E-state index contributed by atoms with van der Waals surface area (Å²) in [5, 5.41) is 0.947. The molecule has 1 heterocycles. The van der Waals surface area contributed by atoms with Crippen molar-refractivity contribution in [1.82, 2.24) is 4.90 Å². The van der Waals surface area contributed by atoms with Crippen LogP contribution in [0, 0.1) is 6.92 Å².